The number of nitrogens with zero attached hydrogens (tertiary/aromatic N) is 1. The SMILES string of the molecule is C.O=C(CCN1CCC(=C(c2ccccc2)c2ccccc2)CC1)OC1CCOC1. The first-order valence-corrected chi connectivity index (χ1v) is 10.6. The van der Waals surface area contributed by atoms with Crippen LogP contribution >= 0.6 is 0 Å². The van der Waals surface area contributed by atoms with E-state index in [4.69, 9.17) is 9.47 Å². The van der Waals surface area contributed by atoms with Gasteiger partial charge in [-0.15, -0.1) is 0 Å². The van der Waals surface area contributed by atoms with Gasteiger partial charge in [0.25, 0.3) is 0 Å². The molecule has 2 saturated heterocycles. The summed E-state index contributed by atoms with van der Waals surface area (Å²) in [6.45, 7) is 3.98. The van der Waals surface area contributed by atoms with E-state index in [0.717, 1.165) is 38.9 Å². The normalized spacial score (nSPS) is 19.2. The van der Waals surface area contributed by atoms with Crippen molar-refractivity contribution in [1.29, 1.82) is 0 Å². The number of benzene rings is 2. The highest BCUT2D eigenvalue weighted by atomic mass is 16.6. The third-order valence-electron chi connectivity index (χ3n) is 5.76. The smallest absolute Gasteiger partial charge is 0.307 e. The van der Waals surface area contributed by atoms with E-state index in [9.17, 15) is 4.79 Å². The predicted molar refractivity (Wildman–Crippen MR) is 121 cm³/mol. The Kier molecular flexibility index (Phi) is 8.23. The molecule has 2 aromatic carbocycles. The predicted octanol–water partition coefficient (Wildman–Crippen LogP) is 4.94. The molecule has 1 atom stereocenters. The Balaban J connectivity index is 0.00000256. The molecule has 2 aliphatic rings. The molecule has 160 valence electrons. The van der Waals surface area contributed by atoms with Gasteiger partial charge in [-0.3, -0.25) is 4.79 Å². The van der Waals surface area contributed by atoms with Gasteiger partial charge < -0.3 is 14.4 Å². The molecule has 2 aliphatic heterocycles. The Labute approximate surface area is 180 Å². The molecule has 4 heteroatoms. The second-order valence-corrected chi connectivity index (χ2v) is 7.78. The van der Waals surface area contributed by atoms with Crippen LogP contribution in [-0.4, -0.2) is 49.8 Å². The number of rotatable bonds is 6. The number of carbonyl (C=O) groups excluding carboxylic acids is 1. The maximum atomic E-state index is 12.1. The number of hydrogen-bond donors (Lipinski definition) is 0. The molecule has 30 heavy (non-hydrogen) atoms. The van der Waals surface area contributed by atoms with E-state index in [-0.39, 0.29) is 19.5 Å². The molecule has 4 nitrogen and oxygen atoms in total. The van der Waals surface area contributed by atoms with Crippen molar-refractivity contribution < 1.29 is 14.3 Å². The van der Waals surface area contributed by atoms with E-state index in [2.05, 4.69) is 65.6 Å². The minimum absolute atomic E-state index is 0. The Morgan fingerprint density at radius 1 is 0.967 bits per heavy atom. The van der Waals surface area contributed by atoms with Gasteiger partial charge in [-0.2, -0.15) is 0 Å². The van der Waals surface area contributed by atoms with Gasteiger partial charge >= 0.3 is 5.97 Å². The zero-order valence-electron chi connectivity index (χ0n) is 16.9. The second-order valence-electron chi connectivity index (χ2n) is 7.78. The molecule has 1 unspecified atom stereocenters. The molecule has 0 amide bonds. The minimum atomic E-state index is -0.101. The Bertz CT molecular complexity index is 774. The van der Waals surface area contributed by atoms with Crippen LogP contribution in [-0.2, 0) is 14.3 Å². The maximum absolute atomic E-state index is 12.1. The van der Waals surface area contributed by atoms with Crippen LogP contribution in [0.4, 0.5) is 0 Å². The Morgan fingerprint density at radius 2 is 1.57 bits per heavy atom. The summed E-state index contributed by atoms with van der Waals surface area (Å²) in [5.41, 5.74) is 5.44. The summed E-state index contributed by atoms with van der Waals surface area (Å²) >= 11 is 0. The first-order chi connectivity index (χ1) is 14.3. The average Bonchev–Trinajstić information content (AvgIpc) is 3.28. The third-order valence-corrected chi connectivity index (χ3v) is 5.76. The molecule has 0 N–H and O–H groups in total. The van der Waals surface area contributed by atoms with Crippen LogP contribution in [0.1, 0.15) is 44.2 Å². The number of likely N-dealkylation sites (tertiary alicyclic amines) is 1. The van der Waals surface area contributed by atoms with Crippen LogP contribution in [0.5, 0.6) is 0 Å². The van der Waals surface area contributed by atoms with Crippen LogP contribution in [0.25, 0.3) is 5.57 Å². The topological polar surface area (TPSA) is 38.8 Å². The molecule has 0 bridgehead atoms. The number of hydrogen-bond acceptors (Lipinski definition) is 4. The van der Waals surface area contributed by atoms with Crippen molar-refractivity contribution in [3.8, 4) is 0 Å². The van der Waals surface area contributed by atoms with E-state index in [1.54, 1.807) is 0 Å². The molecule has 0 saturated carbocycles. The zero-order chi connectivity index (χ0) is 19.9. The van der Waals surface area contributed by atoms with Gasteiger partial charge in [-0.25, -0.2) is 0 Å². The average molecular weight is 408 g/mol. The van der Waals surface area contributed by atoms with Gasteiger partial charge in [0, 0.05) is 26.1 Å². The summed E-state index contributed by atoms with van der Waals surface area (Å²) in [6, 6.07) is 21.4. The lowest BCUT2D eigenvalue weighted by atomic mass is 9.88. The lowest BCUT2D eigenvalue weighted by molar-refractivity contribution is -0.149. The molecule has 2 fully saturated rings. The molecule has 0 spiro atoms. The lowest BCUT2D eigenvalue weighted by Gasteiger charge is -2.30. The van der Waals surface area contributed by atoms with Crippen molar-refractivity contribution >= 4 is 11.5 Å². The maximum Gasteiger partial charge on any atom is 0.307 e. The van der Waals surface area contributed by atoms with Crippen molar-refractivity contribution in [2.45, 2.75) is 39.2 Å². The van der Waals surface area contributed by atoms with Crippen molar-refractivity contribution in [2.75, 3.05) is 32.8 Å². The highest BCUT2D eigenvalue weighted by Crippen LogP contribution is 2.32. The van der Waals surface area contributed by atoms with E-state index < -0.39 is 0 Å². The van der Waals surface area contributed by atoms with Crippen LogP contribution in [0, 0.1) is 0 Å². The van der Waals surface area contributed by atoms with Crippen LogP contribution in [0.3, 0.4) is 0 Å². The summed E-state index contributed by atoms with van der Waals surface area (Å²) in [5.74, 6) is -0.101. The minimum Gasteiger partial charge on any atom is -0.460 e. The molecular weight excluding hydrogens is 374 g/mol. The highest BCUT2D eigenvalue weighted by molar-refractivity contribution is 5.82. The lowest BCUT2D eigenvalue weighted by Crippen LogP contribution is -2.33. The van der Waals surface area contributed by atoms with Crippen molar-refractivity contribution in [1.82, 2.24) is 4.90 Å². The first-order valence-electron chi connectivity index (χ1n) is 10.6. The van der Waals surface area contributed by atoms with E-state index in [0.29, 0.717) is 19.6 Å². The van der Waals surface area contributed by atoms with Gasteiger partial charge in [0.05, 0.1) is 19.6 Å². The summed E-state index contributed by atoms with van der Waals surface area (Å²) < 4.78 is 10.7. The Hall–Kier alpha value is -2.43. The second kappa shape index (κ2) is 11.1. The van der Waals surface area contributed by atoms with E-state index in [1.165, 1.54) is 22.3 Å². The monoisotopic (exact) mass is 407 g/mol. The van der Waals surface area contributed by atoms with Crippen molar-refractivity contribution in [3.05, 3.63) is 77.4 Å². The first kappa shape index (κ1) is 22.3. The zero-order valence-corrected chi connectivity index (χ0v) is 16.9. The molecule has 0 aliphatic carbocycles. The van der Waals surface area contributed by atoms with E-state index >= 15 is 0 Å². The summed E-state index contributed by atoms with van der Waals surface area (Å²) in [4.78, 5) is 14.4. The number of ether oxygens (including phenoxy) is 2. The third kappa shape index (κ3) is 5.80. The molecule has 0 radical (unpaired) electrons. The molecule has 2 aromatic rings. The van der Waals surface area contributed by atoms with Gasteiger partial charge in [0.15, 0.2) is 0 Å². The van der Waals surface area contributed by atoms with Crippen LogP contribution in [0.2, 0.25) is 0 Å². The summed E-state index contributed by atoms with van der Waals surface area (Å²) in [7, 11) is 0. The molecular formula is C26H33NO3. The standard InChI is InChI=1S/C25H29NO3.CH4/c27-24(29-23-14-18-28-19-23)13-17-26-15-11-22(12-16-26)25(20-7-3-1-4-8-20)21-9-5-2-6-10-21;/h1-10,23H,11-19H2;1H4. The fraction of sp³-hybridized carbons (Fsp3) is 0.423. The fourth-order valence-corrected chi connectivity index (χ4v) is 4.18. The van der Waals surface area contributed by atoms with Gasteiger partial charge in [0.1, 0.15) is 6.10 Å². The molecule has 0 aromatic heterocycles. The molecule has 2 heterocycles. The summed E-state index contributed by atoms with van der Waals surface area (Å²) in [6.07, 6.45) is 3.30. The van der Waals surface area contributed by atoms with Gasteiger partial charge in [0.2, 0.25) is 0 Å². The fourth-order valence-electron chi connectivity index (χ4n) is 4.18. The van der Waals surface area contributed by atoms with Crippen LogP contribution in [0.15, 0.2) is 66.2 Å². The van der Waals surface area contributed by atoms with Crippen molar-refractivity contribution in [2.24, 2.45) is 0 Å². The number of carbonyl (C=O) groups is 1. The molecule has 4 rings (SSSR count). The Morgan fingerprint density at radius 3 is 2.10 bits per heavy atom. The van der Waals surface area contributed by atoms with Crippen molar-refractivity contribution in [3.63, 3.8) is 0 Å². The van der Waals surface area contributed by atoms with Gasteiger partial charge in [-0.05, 0) is 29.5 Å². The van der Waals surface area contributed by atoms with Gasteiger partial charge in [-0.1, -0.05) is 73.7 Å². The van der Waals surface area contributed by atoms with Crippen LogP contribution < -0.4 is 0 Å². The highest BCUT2D eigenvalue weighted by Gasteiger charge is 2.22. The van der Waals surface area contributed by atoms with E-state index in [1.807, 2.05) is 0 Å². The largest absolute Gasteiger partial charge is 0.460 e. The summed E-state index contributed by atoms with van der Waals surface area (Å²) in [5, 5.41) is 0. The number of esters is 1. The number of piperidine rings is 1. The quantitative estimate of drug-likeness (QED) is 0.636.